The van der Waals surface area contributed by atoms with Gasteiger partial charge < -0.3 is 5.73 Å². The molecule has 0 bridgehead atoms. The average Bonchev–Trinajstić information content (AvgIpc) is 2.63. The number of nitrogens with two attached hydrogens (primary N) is 1. The molecule has 0 unspecified atom stereocenters. The van der Waals surface area contributed by atoms with Crippen molar-refractivity contribution in [2.45, 2.75) is 6.18 Å². The predicted octanol–water partition coefficient (Wildman–Crippen LogP) is 2.82. The minimum absolute atomic E-state index is 0.0804. The third-order valence-corrected chi connectivity index (χ3v) is 2.18. The number of aromatic nitrogens is 2. The van der Waals surface area contributed by atoms with E-state index in [1.807, 2.05) is 0 Å². The van der Waals surface area contributed by atoms with Crippen molar-refractivity contribution in [2.24, 2.45) is 0 Å². The van der Waals surface area contributed by atoms with Crippen molar-refractivity contribution in [1.29, 1.82) is 0 Å². The summed E-state index contributed by atoms with van der Waals surface area (Å²) < 4.78 is 50.7. The number of nitrogens with zero attached hydrogens (tertiary/aromatic N) is 1. The Hall–Kier alpha value is -2.05. The Balaban J connectivity index is 2.54. The maximum atomic E-state index is 13.4. The second-order valence-corrected chi connectivity index (χ2v) is 3.40. The minimum atomic E-state index is -4.52. The number of anilines is 1. The Labute approximate surface area is 93.3 Å². The molecule has 7 heteroatoms. The van der Waals surface area contributed by atoms with E-state index in [0.717, 1.165) is 6.07 Å². The number of nitrogen functional groups attached to an aromatic ring is 1. The van der Waals surface area contributed by atoms with Gasteiger partial charge in [-0.1, -0.05) is 0 Å². The molecule has 90 valence electrons. The van der Waals surface area contributed by atoms with E-state index in [9.17, 15) is 17.6 Å². The number of hydrogen-bond donors (Lipinski definition) is 2. The first kappa shape index (κ1) is 11.4. The standard InChI is InChI=1S/C10H7F4N3/c11-7-2-1-5(10(12,13)14)3-6(7)8-4-9(15)17-16-8/h1-4H,(H3,15,16,17). The molecule has 17 heavy (non-hydrogen) atoms. The molecule has 2 rings (SSSR count). The van der Waals surface area contributed by atoms with Gasteiger partial charge in [0.05, 0.1) is 11.3 Å². The summed E-state index contributed by atoms with van der Waals surface area (Å²) in [6, 6.07) is 3.41. The summed E-state index contributed by atoms with van der Waals surface area (Å²) in [6.07, 6.45) is -4.52. The number of alkyl halides is 3. The number of halogens is 4. The van der Waals surface area contributed by atoms with Gasteiger partial charge in [0.2, 0.25) is 0 Å². The van der Waals surface area contributed by atoms with Crippen molar-refractivity contribution in [2.75, 3.05) is 5.73 Å². The molecular formula is C10H7F4N3. The first-order valence-electron chi connectivity index (χ1n) is 4.56. The monoisotopic (exact) mass is 245 g/mol. The number of hydrogen-bond acceptors (Lipinski definition) is 2. The number of rotatable bonds is 1. The fraction of sp³-hybridized carbons (Fsp3) is 0.100. The topological polar surface area (TPSA) is 54.7 Å². The summed E-state index contributed by atoms with van der Waals surface area (Å²) in [5, 5.41) is 5.89. The summed E-state index contributed by atoms with van der Waals surface area (Å²) in [6.45, 7) is 0. The molecule has 0 spiro atoms. The molecule has 0 aliphatic heterocycles. The van der Waals surface area contributed by atoms with E-state index in [-0.39, 0.29) is 17.1 Å². The molecule has 0 atom stereocenters. The molecular weight excluding hydrogens is 238 g/mol. The molecule has 1 aromatic carbocycles. The Bertz CT molecular complexity index is 545. The van der Waals surface area contributed by atoms with E-state index in [1.165, 1.54) is 6.07 Å². The summed E-state index contributed by atoms with van der Waals surface area (Å²) in [7, 11) is 0. The molecule has 0 aliphatic carbocycles. The van der Waals surface area contributed by atoms with E-state index in [0.29, 0.717) is 12.1 Å². The van der Waals surface area contributed by atoms with Gasteiger partial charge in [-0.25, -0.2) is 4.39 Å². The van der Waals surface area contributed by atoms with Gasteiger partial charge in [-0.3, -0.25) is 5.10 Å². The van der Waals surface area contributed by atoms with Crippen LogP contribution in [0.3, 0.4) is 0 Å². The summed E-state index contributed by atoms with van der Waals surface area (Å²) in [5.41, 5.74) is 4.26. The third-order valence-electron chi connectivity index (χ3n) is 2.18. The Morgan fingerprint density at radius 2 is 1.88 bits per heavy atom. The van der Waals surface area contributed by atoms with Crippen molar-refractivity contribution in [1.82, 2.24) is 10.2 Å². The van der Waals surface area contributed by atoms with E-state index in [1.54, 1.807) is 0 Å². The second kappa shape index (κ2) is 3.76. The second-order valence-electron chi connectivity index (χ2n) is 3.40. The van der Waals surface area contributed by atoms with E-state index in [2.05, 4.69) is 10.2 Å². The predicted molar refractivity (Wildman–Crippen MR) is 53.4 cm³/mol. The van der Waals surface area contributed by atoms with Crippen LogP contribution in [0.1, 0.15) is 5.56 Å². The molecule has 1 aromatic heterocycles. The third kappa shape index (κ3) is 2.22. The zero-order valence-corrected chi connectivity index (χ0v) is 8.35. The maximum absolute atomic E-state index is 13.4. The van der Waals surface area contributed by atoms with Crippen LogP contribution in [0.15, 0.2) is 24.3 Å². The van der Waals surface area contributed by atoms with Crippen LogP contribution in [0.25, 0.3) is 11.3 Å². The lowest BCUT2D eigenvalue weighted by atomic mass is 10.1. The fourth-order valence-electron chi connectivity index (χ4n) is 1.38. The van der Waals surface area contributed by atoms with Crippen LogP contribution < -0.4 is 5.73 Å². The van der Waals surface area contributed by atoms with Gasteiger partial charge in [0.15, 0.2) is 0 Å². The molecule has 3 nitrogen and oxygen atoms in total. The van der Waals surface area contributed by atoms with Crippen molar-refractivity contribution < 1.29 is 17.6 Å². The molecule has 0 saturated heterocycles. The van der Waals surface area contributed by atoms with Crippen LogP contribution in [0.5, 0.6) is 0 Å². The molecule has 3 N–H and O–H groups in total. The summed E-state index contributed by atoms with van der Waals surface area (Å²) in [4.78, 5) is 0. The smallest absolute Gasteiger partial charge is 0.382 e. The summed E-state index contributed by atoms with van der Waals surface area (Å²) in [5.74, 6) is -0.696. The highest BCUT2D eigenvalue weighted by atomic mass is 19.4. The lowest BCUT2D eigenvalue weighted by molar-refractivity contribution is -0.137. The van der Waals surface area contributed by atoms with Crippen LogP contribution in [-0.2, 0) is 6.18 Å². The SMILES string of the molecule is Nc1cc(-c2cc(C(F)(F)F)ccc2F)[nH]n1. The fourth-order valence-corrected chi connectivity index (χ4v) is 1.38. The highest BCUT2D eigenvalue weighted by Gasteiger charge is 2.31. The number of aromatic amines is 1. The van der Waals surface area contributed by atoms with Crippen LogP contribution >= 0.6 is 0 Å². The molecule has 0 aliphatic rings. The van der Waals surface area contributed by atoms with Crippen molar-refractivity contribution in [3.05, 3.63) is 35.6 Å². The minimum Gasteiger partial charge on any atom is -0.382 e. The molecule has 0 amide bonds. The zero-order valence-electron chi connectivity index (χ0n) is 8.35. The van der Waals surface area contributed by atoms with Crippen LogP contribution in [0.2, 0.25) is 0 Å². The van der Waals surface area contributed by atoms with Gasteiger partial charge in [0, 0.05) is 11.6 Å². The summed E-state index contributed by atoms with van der Waals surface area (Å²) >= 11 is 0. The van der Waals surface area contributed by atoms with E-state index in [4.69, 9.17) is 5.73 Å². The van der Waals surface area contributed by atoms with Gasteiger partial charge >= 0.3 is 6.18 Å². The zero-order chi connectivity index (χ0) is 12.6. The van der Waals surface area contributed by atoms with Crippen LogP contribution in [-0.4, -0.2) is 10.2 Å². The van der Waals surface area contributed by atoms with E-state index >= 15 is 0 Å². The maximum Gasteiger partial charge on any atom is 0.416 e. The Kier molecular flexibility index (Phi) is 2.53. The van der Waals surface area contributed by atoms with Gasteiger partial charge in [-0.05, 0) is 18.2 Å². The number of nitrogens with one attached hydrogen (secondary N) is 1. The molecule has 1 heterocycles. The lowest BCUT2D eigenvalue weighted by Crippen LogP contribution is -2.05. The molecule has 0 fully saturated rings. The molecule has 0 saturated carbocycles. The lowest BCUT2D eigenvalue weighted by Gasteiger charge is -2.08. The van der Waals surface area contributed by atoms with E-state index < -0.39 is 17.6 Å². The van der Waals surface area contributed by atoms with Gasteiger partial charge in [-0.15, -0.1) is 0 Å². The van der Waals surface area contributed by atoms with Crippen molar-refractivity contribution in [3.63, 3.8) is 0 Å². The number of benzene rings is 1. The Morgan fingerprint density at radius 1 is 1.18 bits per heavy atom. The van der Waals surface area contributed by atoms with Crippen LogP contribution in [0.4, 0.5) is 23.4 Å². The first-order chi connectivity index (χ1) is 7.88. The Morgan fingerprint density at radius 3 is 2.41 bits per heavy atom. The largest absolute Gasteiger partial charge is 0.416 e. The van der Waals surface area contributed by atoms with Gasteiger partial charge in [0.25, 0.3) is 0 Å². The average molecular weight is 245 g/mol. The van der Waals surface area contributed by atoms with Gasteiger partial charge in [0.1, 0.15) is 11.6 Å². The van der Waals surface area contributed by atoms with Crippen LogP contribution in [0, 0.1) is 5.82 Å². The van der Waals surface area contributed by atoms with Crippen molar-refractivity contribution >= 4 is 5.82 Å². The normalized spacial score (nSPS) is 11.8. The van der Waals surface area contributed by atoms with Gasteiger partial charge in [-0.2, -0.15) is 18.3 Å². The number of H-pyrrole nitrogens is 1. The molecule has 2 aromatic rings. The molecule has 0 radical (unpaired) electrons. The van der Waals surface area contributed by atoms with Crippen molar-refractivity contribution in [3.8, 4) is 11.3 Å². The highest BCUT2D eigenvalue weighted by molar-refractivity contribution is 5.63. The quantitative estimate of drug-likeness (QED) is 0.759. The first-order valence-corrected chi connectivity index (χ1v) is 4.56. The highest BCUT2D eigenvalue weighted by Crippen LogP contribution is 2.33.